The molecule has 3 aromatic rings. The van der Waals surface area contributed by atoms with Gasteiger partial charge < -0.3 is 10.2 Å². The van der Waals surface area contributed by atoms with Crippen LogP contribution in [0.1, 0.15) is 54.5 Å². The molecular formula is C29H34N4O2. The molecule has 6 rings (SSSR count). The number of anilines is 1. The molecule has 182 valence electrons. The van der Waals surface area contributed by atoms with Crippen LogP contribution in [0.2, 0.25) is 0 Å². The molecule has 6 nitrogen and oxygen atoms in total. The molecule has 0 saturated carbocycles. The van der Waals surface area contributed by atoms with Crippen molar-refractivity contribution >= 4 is 28.5 Å². The lowest BCUT2D eigenvalue weighted by Gasteiger charge is -2.33. The molecule has 0 fully saturated rings. The average Bonchev–Trinajstić information content (AvgIpc) is 3.34. The molecule has 1 unspecified atom stereocenters. The van der Waals surface area contributed by atoms with Crippen LogP contribution >= 0.6 is 0 Å². The van der Waals surface area contributed by atoms with Crippen molar-refractivity contribution in [1.82, 2.24) is 14.4 Å². The molecule has 0 saturated heterocycles. The van der Waals surface area contributed by atoms with E-state index in [-0.39, 0.29) is 17.4 Å². The average molecular weight is 471 g/mol. The fraction of sp³-hybridized carbons (Fsp3) is 0.448. The van der Waals surface area contributed by atoms with Crippen molar-refractivity contribution in [3.63, 3.8) is 0 Å². The molecule has 3 aliphatic rings. The lowest BCUT2D eigenvalue weighted by molar-refractivity contribution is -0.121. The minimum absolute atomic E-state index is 0.0161. The summed E-state index contributed by atoms with van der Waals surface area (Å²) >= 11 is 0. The summed E-state index contributed by atoms with van der Waals surface area (Å²) in [5.41, 5.74) is 6.81. The van der Waals surface area contributed by atoms with Crippen molar-refractivity contribution in [1.29, 1.82) is 0 Å². The van der Waals surface area contributed by atoms with Crippen LogP contribution < -0.4 is 5.32 Å². The maximum absolute atomic E-state index is 13.1. The summed E-state index contributed by atoms with van der Waals surface area (Å²) in [7, 11) is 3.63. The van der Waals surface area contributed by atoms with E-state index in [9.17, 15) is 9.59 Å². The van der Waals surface area contributed by atoms with Crippen molar-refractivity contribution in [3.05, 3.63) is 64.8 Å². The van der Waals surface area contributed by atoms with Crippen LogP contribution in [0.15, 0.2) is 42.5 Å². The summed E-state index contributed by atoms with van der Waals surface area (Å²) in [5.74, 6) is 0.203. The minimum atomic E-state index is -0.330. The summed E-state index contributed by atoms with van der Waals surface area (Å²) in [4.78, 5) is 30.3. The normalized spacial score (nSPS) is 21.0. The molecule has 6 heteroatoms. The maximum Gasteiger partial charge on any atom is 0.328 e. The van der Waals surface area contributed by atoms with Gasteiger partial charge in [0.05, 0.1) is 10.9 Å². The largest absolute Gasteiger partial charge is 0.330 e. The molecule has 1 aromatic heterocycles. The number of fused-ring (bicyclic) bond motifs is 3. The zero-order valence-corrected chi connectivity index (χ0v) is 20.8. The molecule has 2 amide bonds. The van der Waals surface area contributed by atoms with E-state index in [1.165, 1.54) is 22.1 Å². The number of rotatable bonds is 5. The molecule has 35 heavy (non-hydrogen) atoms. The highest BCUT2D eigenvalue weighted by Gasteiger charge is 2.48. The van der Waals surface area contributed by atoms with Gasteiger partial charge in [-0.05, 0) is 73.9 Å². The van der Waals surface area contributed by atoms with Gasteiger partial charge in [-0.2, -0.15) is 0 Å². The minimum Gasteiger partial charge on any atom is -0.330 e. The van der Waals surface area contributed by atoms with E-state index < -0.39 is 0 Å². The van der Waals surface area contributed by atoms with Crippen LogP contribution in [-0.2, 0) is 29.6 Å². The van der Waals surface area contributed by atoms with Crippen molar-refractivity contribution < 1.29 is 9.59 Å². The standard InChI is InChI=1S/C29H34N4O2/c1-31(2)28(35)33-24-13-4-3-11-21(24)22-14-18-32(19-25(22)33)17-6-5-15-29-16-8-10-20-9-7-12-23(26(20)29)30-27(29)34/h3-4,7,9,11-13H,5-6,8,10,14-19H2,1-2H3,(H,30,34). The molecule has 1 aliphatic carbocycles. The van der Waals surface area contributed by atoms with Gasteiger partial charge in [-0.25, -0.2) is 4.79 Å². The Hall–Kier alpha value is -3.12. The van der Waals surface area contributed by atoms with Crippen molar-refractivity contribution in [2.45, 2.75) is 56.9 Å². The summed E-state index contributed by atoms with van der Waals surface area (Å²) < 4.78 is 1.92. The molecule has 0 spiro atoms. The number of carbonyl (C=O) groups is 2. The highest BCUT2D eigenvalue weighted by atomic mass is 16.2. The van der Waals surface area contributed by atoms with E-state index in [1.54, 1.807) is 4.90 Å². The first-order valence-corrected chi connectivity index (χ1v) is 13.0. The van der Waals surface area contributed by atoms with E-state index in [1.807, 2.05) is 24.7 Å². The number of para-hydroxylation sites is 1. The number of aryl methyl sites for hydroxylation is 1. The van der Waals surface area contributed by atoms with Crippen molar-refractivity contribution in [2.75, 3.05) is 32.5 Å². The summed E-state index contributed by atoms with van der Waals surface area (Å²) in [5, 5.41) is 4.38. The first-order valence-electron chi connectivity index (χ1n) is 13.0. The van der Waals surface area contributed by atoms with E-state index >= 15 is 0 Å². The topological polar surface area (TPSA) is 57.6 Å². The highest BCUT2D eigenvalue weighted by Crippen LogP contribution is 2.49. The van der Waals surface area contributed by atoms with Crippen LogP contribution in [-0.4, -0.2) is 53.5 Å². The van der Waals surface area contributed by atoms with Gasteiger partial charge in [0.2, 0.25) is 5.91 Å². The second-order valence-corrected chi connectivity index (χ2v) is 10.7. The Labute approximate surface area is 206 Å². The number of hydrogen-bond donors (Lipinski definition) is 1. The first-order chi connectivity index (χ1) is 17.0. The number of unbranched alkanes of at least 4 members (excludes halogenated alkanes) is 1. The van der Waals surface area contributed by atoms with Gasteiger partial charge in [-0.15, -0.1) is 0 Å². The van der Waals surface area contributed by atoms with Crippen molar-refractivity contribution in [2.24, 2.45) is 0 Å². The lowest BCUT2D eigenvalue weighted by atomic mass is 9.68. The molecule has 2 aromatic carbocycles. The van der Waals surface area contributed by atoms with Gasteiger partial charge in [0.15, 0.2) is 0 Å². The fourth-order valence-electron chi connectivity index (χ4n) is 6.75. The van der Waals surface area contributed by atoms with Crippen LogP contribution in [0.25, 0.3) is 10.9 Å². The molecule has 2 aliphatic heterocycles. The number of benzene rings is 2. The van der Waals surface area contributed by atoms with Crippen LogP contribution in [0.3, 0.4) is 0 Å². The smallest absolute Gasteiger partial charge is 0.328 e. The lowest BCUT2D eigenvalue weighted by Crippen LogP contribution is -2.38. The molecule has 1 N–H and O–H groups in total. The van der Waals surface area contributed by atoms with E-state index in [0.29, 0.717) is 0 Å². The third-order valence-corrected chi connectivity index (χ3v) is 8.40. The van der Waals surface area contributed by atoms with Crippen LogP contribution in [0.4, 0.5) is 10.5 Å². The van der Waals surface area contributed by atoms with Gasteiger partial charge in [0.25, 0.3) is 0 Å². The number of amides is 2. The summed E-state index contributed by atoms with van der Waals surface area (Å²) in [6, 6.07) is 14.6. The van der Waals surface area contributed by atoms with Gasteiger partial charge >= 0.3 is 6.03 Å². The van der Waals surface area contributed by atoms with Gasteiger partial charge in [-0.3, -0.25) is 14.3 Å². The summed E-state index contributed by atoms with van der Waals surface area (Å²) in [6.45, 7) is 2.79. The number of aromatic nitrogens is 1. The molecular weight excluding hydrogens is 436 g/mol. The van der Waals surface area contributed by atoms with Crippen LogP contribution in [0, 0.1) is 0 Å². The quantitative estimate of drug-likeness (QED) is 0.538. The Bertz CT molecular complexity index is 1320. The Morgan fingerprint density at radius 3 is 2.80 bits per heavy atom. The Balaban J connectivity index is 1.16. The second-order valence-electron chi connectivity index (χ2n) is 10.7. The van der Waals surface area contributed by atoms with E-state index in [2.05, 4.69) is 46.6 Å². The van der Waals surface area contributed by atoms with E-state index in [0.717, 1.165) is 81.5 Å². The Kier molecular flexibility index (Phi) is 5.44. The molecule has 0 bridgehead atoms. The molecule has 1 atom stereocenters. The predicted octanol–water partition coefficient (Wildman–Crippen LogP) is 4.93. The van der Waals surface area contributed by atoms with Crippen molar-refractivity contribution in [3.8, 4) is 0 Å². The summed E-state index contributed by atoms with van der Waals surface area (Å²) in [6.07, 6.45) is 7.10. The number of nitrogens with zero attached hydrogens (tertiary/aromatic N) is 3. The maximum atomic E-state index is 13.1. The third kappa shape index (κ3) is 3.49. The second kappa shape index (κ2) is 8.52. The predicted molar refractivity (Wildman–Crippen MR) is 139 cm³/mol. The molecule has 0 radical (unpaired) electrons. The number of hydrogen-bond acceptors (Lipinski definition) is 3. The number of carbonyl (C=O) groups excluding carboxylic acids is 2. The zero-order chi connectivity index (χ0) is 24.2. The zero-order valence-electron chi connectivity index (χ0n) is 20.8. The van der Waals surface area contributed by atoms with Crippen LogP contribution in [0.5, 0.6) is 0 Å². The highest BCUT2D eigenvalue weighted by molar-refractivity contribution is 6.07. The third-order valence-electron chi connectivity index (χ3n) is 8.40. The van der Waals surface area contributed by atoms with E-state index in [4.69, 9.17) is 0 Å². The molecule has 3 heterocycles. The Morgan fingerprint density at radius 1 is 1.09 bits per heavy atom. The SMILES string of the molecule is CN(C)C(=O)n1c2c(c3ccccc31)CCN(CCCCC13CCCc4cccc(c41)NC3=O)C2. The van der Waals surface area contributed by atoms with Gasteiger partial charge in [-0.1, -0.05) is 36.8 Å². The van der Waals surface area contributed by atoms with Gasteiger partial charge in [0, 0.05) is 44.0 Å². The monoisotopic (exact) mass is 470 g/mol. The first kappa shape index (κ1) is 22.4. The number of nitrogens with one attached hydrogen (secondary N) is 1. The Morgan fingerprint density at radius 2 is 1.94 bits per heavy atom. The fourth-order valence-corrected chi connectivity index (χ4v) is 6.75. The van der Waals surface area contributed by atoms with Gasteiger partial charge in [0.1, 0.15) is 0 Å².